The molecule has 0 spiro atoms. The van der Waals surface area contributed by atoms with E-state index in [0.29, 0.717) is 24.9 Å². The van der Waals surface area contributed by atoms with Crippen LogP contribution < -0.4 is 4.74 Å². The zero-order chi connectivity index (χ0) is 19.5. The maximum Gasteiger partial charge on any atom is 0.290 e. The number of pyridine rings is 1. The summed E-state index contributed by atoms with van der Waals surface area (Å²) in [5, 5.41) is 0.0882. The van der Waals surface area contributed by atoms with Gasteiger partial charge in [0.15, 0.2) is 0 Å². The Morgan fingerprint density at radius 1 is 1.21 bits per heavy atom. The van der Waals surface area contributed by atoms with Gasteiger partial charge in [-0.25, -0.2) is 4.98 Å². The van der Waals surface area contributed by atoms with Crippen LogP contribution >= 0.6 is 11.8 Å². The minimum absolute atomic E-state index is 0.0882. The first-order valence-electron chi connectivity index (χ1n) is 9.26. The van der Waals surface area contributed by atoms with Crippen LogP contribution in [0.3, 0.4) is 0 Å². The highest BCUT2D eigenvalue weighted by atomic mass is 32.2. The predicted molar refractivity (Wildman–Crippen MR) is 103 cm³/mol. The first kappa shape index (κ1) is 19.1. The number of amides is 1. The van der Waals surface area contributed by atoms with Gasteiger partial charge in [-0.3, -0.25) is 9.69 Å². The number of rotatable bonds is 5. The molecule has 2 aliphatic heterocycles. The average molecular weight is 405 g/mol. The molecule has 1 fully saturated rings. The van der Waals surface area contributed by atoms with E-state index in [9.17, 15) is 13.6 Å². The standard InChI is InChI=1S/C20H21F2N3O2S/c21-20(22)28-18-16(2-1-6-23-18)19(26)25-9-7-24(8-10-25)13-14-3-4-17-15(12-14)5-11-27-17/h1-4,6,12,20H,5,7-11,13H2. The molecule has 1 aromatic heterocycles. The Morgan fingerprint density at radius 2 is 2.04 bits per heavy atom. The van der Waals surface area contributed by atoms with Gasteiger partial charge in [0.05, 0.1) is 12.2 Å². The number of thioether (sulfide) groups is 1. The molecule has 0 N–H and O–H groups in total. The third-order valence-electron chi connectivity index (χ3n) is 5.02. The van der Waals surface area contributed by atoms with Crippen molar-refractivity contribution in [1.29, 1.82) is 0 Å². The van der Waals surface area contributed by atoms with E-state index in [2.05, 4.69) is 22.0 Å². The highest BCUT2D eigenvalue weighted by molar-refractivity contribution is 7.99. The van der Waals surface area contributed by atoms with Gasteiger partial charge in [-0.15, -0.1) is 0 Å². The Kier molecular flexibility index (Phi) is 5.77. The first-order valence-corrected chi connectivity index (χ1v) is 10.1. The zero-order valence-corrected chi connectivity index (χ0v) is 16.1. The van der Waals surface area contributed by atoms with Crippen LogP contribution in [0.4, 0.5) is 8.78 Å². The number of benzene rings is 1. The largest absolute Gasteiger partial charge is 0.493 e. The summed E-state index contributed by atoms with van der Waals surface area (Å²) in [6.07, 6.45) is 2.39. The summed E-state index contributed by atoms with van der Waals surface area (Å²) in [6.45, 7) is 4.21. The molecule has 1 saturated heterocycles. The molecule has 1 aromatic carbocycles. The fraction of sp³-hybridized carbons (Fsp3) is 0.400. The van der Waals surface area contributed by atoms with Crippen LogP contribution in [0.1, 0.15) is 21.5 Å². The summed E-state index contributed by atoms with van der Waals surface area (Å²) in [5.41, 5.74) is 2.75. The van der Waals surface area contributed by atoms with Crippen molar-refractivity contribution >= 4 is 17.7 Å². The summed E-state index contributed by atoms with van der Waals surface area (Å²) in [7, 11) is 0. The van der Waals surface area contributed by atoms with E-state index in [4.69, 9.17) is 4.74 Å². The van der Waals surface area contributed by atoms with Gasteiger partial charge in [0, 0.05) is 45.3 Å². The van der Waals surface area contributed by atoms with Crippen molar-refractivity contribution < 1.29 is 18.3 Å². The van der Waals surface area contributed by atoms with Crippen LogP contribution in [0.25, 0.3) is 0 Å². The molecule has 0 unspecified atom stereocenters. The van der Waals surface area contributed by atoms with Crippen molar-refractivity contribution in [3.05, 3.63) is 53.2 Å². The molecule has 8 heteroatoms. The van der Waals surface area contributed by atoms with Crippen LogP contribution in [0, 0.1) is 0 Å². The van der Waals surface area contributed by atoms with Gasteiger partial charge in [-0.2, -0.15) is 8.78 Å². The van der Waals surface area contributed by atoms with Crippen molar-refractivity contribution in [2.45, 2.75) is 23.7 Å². The molecule has 0 atom stereocenters. The minimum Gasteiger partial charge on any atom is -0.493 e. The molecule has 0 radical (unpaired) electrons. The molecule has 1 amide bonds. The molecule has 0 saturated carbocycles. The lowest BCUT2D eigenvalue weighted by molar-refractivity contribution is 0.0624. The zero-order valence-electron chi connectivity index (χ0n) is 15.3. The second kappa shape index (κ2) is 8.45. The van der Waals surface area contributed by atoms with E-state index >= 15 is 0 Å². The van der Waals surface area contributed by atoms with Crippen LogP contribution in [0.5, 0.6) is 5.75 Å². The van der Waals surface area contributed by atoms with Crippen molar-refractivity contribution in [1.82, 2.24) is 14.8 Å². The Morgan fingerprint density at radius 3 is 2.82 bits per heavy atom. The first-order chi connectivity index (χ1) is 13.6. The molecule has 2 aliphatic rings. The maximum atomic E-state index is 12.8. The molecule has 3 heterocycles. The van der Waals surface area contributed by atoms with Crippen LogP contribution in [0.2, 0.25) is 0 Å². The van der Waals surface area contributed by atoms with E-state index in [1.165, 1.54) is 17.3 Å². The predicted octanol–water partition coefficient (Wildman–Crippen LogP) is 3.29. The quantitative estimate of drug-likeness (QED) is 0.715. The molecule has 28 heavy (non-hydrogen) atoms. The second-order valence-corrected chi connectivity index (χ2v) is 7.82. The summed E-state index contributed by atoms with van der Waals surface area (Å²) >= 11 is 0.317. The van der Waals surface area contributed by atoms with Crippen molar-refractivity contribution in [2.24, 2.45) is 0 Å². The molecule has 0 aliphatic carbocycles. The number of ether oxygens (including phenoxy) is 1. The van der Waals surface area contributed by atoms with Gasteiger partial charge >= 0.3 is 0 Å². The number of nitrogens with zero attached hydrogens (tertiary/aromatic N) is 3. The smallest absolute Gasteiger partial charge is 0.290 e. The Balaban J connectivity index is 1.36. The third kappa shape index (κ3) is 4.28. The Labute approximate surface area is 166 Å². The number of hydrogen-bond acceptors (Lipinski definition) is 5. The van der Waals surface area contributed by atoms with E-state index < -0.39 is 5.76 Å². The van der Waals surface area contributed by atoms with Crippen molar-refractivity contribution in [2.75, 3.05) is 32.8 Å². The van der Waals surface area contributed by atoms with E-state index in [1.54, 1.807) is 17.0 Å². The van der Waals surface area contributed by atoms with Gasteiger partial charge in [0.25, 0.3) is 11.7 Å². The molecular weight excluding hydrogens is 384 g/mol. The fourth-order valence-electron chi connectivity index (χ4n) is 3.61. The maximum absolute atomic E-state index is 12.8. The highest BCUT2D eigenvalue weighted by Crippen LogP contribution is 2.28. The van der Waals surface area contributed by atoms with Crippen LogP contribution in [-0.4, -0.2) is 59.2 Å². The topological polar surface area (TPSA) is 45.7 Å². The second-order valence-electron chi connectivity index (χ2n) is 6.84. The number of alkyl halides is 2. The number of aromatic nitrogens is 1. The van der Waals surface area contributed by atoms with E-state index in [1.807, 2.05) is 6.07 Å². The summed E-state index contributed by atoms with van der Waals surface area (Å²) in [6, 6.07) is 9.49. The lowest BCUT2D eigenvalue weighted by Crippen LogP contribution is -2.48. The van der Waals surface area contributed by atoms with Gasteiger partial charge < -0.3 is 9.64 Å². The van der Waals surface area contributed by atoms with Gasteiger partial charge in [-0.1, -0.05) is 12.1 Å². The van der Waals surface area contributed by atoms with Crippen molar-refractivity contribution in [3.8, 4) is 5.75 Å². The number of piperazine rings is 1. The summed E-state index contributed by atoms with van der Waals surface area (Å²) < 4.78 is 31.0. The van der Waals surface area contributed by atoms with E-state index in [-0.39, 0.29) is 16.5 Å². The van der Waals surface area contributed by atoms with Crippen LogP contribution in [-0.2, 0) is 13.0 Å². The Bertz CT molecular complexity index is 857. The number of halogens is 2. The average Bonchev–Trinajstić information content (AvgIpc) is 3.16. The fourth-order valence-corrected chi connectivity index (χ4v) is 4.18. The SMILES string of the molecule is O=C(c1cccnc1SC(F)F)N1CCN(Cc2ccc3c(c2)CCO3)CC1. The number of carbonyl (C=O) groups excluding carboxylic acids is 1. The third-order valence-corrected chi connectivity index (χ3v) is 5.75. The summed E-state index contributed by atoms with van der Waals surface area (Å²) in [5.74, 6) is -1.85. The molecule has 0 bridgehead atoms. The highest BCUT2D eigenvalue weighted by Gasteiger charge is 2.25. The van der Waals surface area contributed by atoms with Gasteiger partial charge in [-0.05, 0) is 41.1 Å². The molecular formula is C20H21F2N3O2S. The summed E-state index contributed by atoms with van der Waals surface area (Å²) in [4.78, 5) is 20.8. The van der Waals surface area contributed by atoms with Gasteiger partial charge in [0.1, 0.15) is 10.8 Å². The number of hydrogen-bond donors (Lipinski definition) is 0. The van der Waals surface area contributed by atoms with Gasteiger partial charge in [0.2, 0.25) is 0 Å². The number of carbonyl (C=O) groups is 1. The Hall–Kier alpha value is -2.19. The normalized spacial score (nSPS) is 16.9. The lowest BCUT2D eigenvalue weighted by Gasteiger charge is -2.35. The van der Waals surface area contributed by atoms with Crippen LogP contribution in [0.15, 0.2) is 41.6 Å². The molecule has 4 rings (SSSR count). The molecule has 2 aromatic rings. The molecule has 5 nitrogen and oxygen atoms in total. The van der Waals surface area contributed by atoms with Crippen molar-refractivity contribution in [3.63, 3.8) is 0 Å². The lowest BCUT2D eigenvalue weighted by atomic mass is 10.1. The minimum atomic E-state index is -2.60. The number of fused-ring (bicyclic) bond motifs is 1. The van der Waals surface area contributed by atoms with E-state index in [0.717, 1.165) is 38.4 Å². The monoisotopic (exact) mass is 405 g/mol. The molecule has 148 valence electrons.